The number of carbonyl (C=O) groups is 1. The first-order valence-electron chi connectivity index (χ1n) is 7.06. The summed E-state index contributed by atoms with van der Waals surface area (Å²) in [5.74, 6) is -2.80. The maximum atomic E-state index is 14.2. The van der Waals surface area contributed by atoms with E-state index in [0.29, 0.717) is 11.2 Å². The maximum Gasteiger partial charge on any atom is 0.357 e. The predicted molar refractivity (Wildman–Crippen MR) is 83.6 cm³/mol. The molecule has 0 saturated carbocycles. The minimum atomic E-state index is -1.08. The number of esters is 1. The Bertz CT molecular complexity index is 889. The molecule has 4 nitrogen and oxygen atoms in total. The quantitative estimate of drug-likeness (QED) is 0.750. The molecule has 0 atom stereocenters. The molecule has 1 heterocycles. The SMILES string of the molecule is CCOC(=O)c1c(N)c2c(F)c(F)ccc2n1-c1ccccc1. The zero-order valence-electron chi connectivity index (χ0n) is 12.3. The fourth-order valence-electron chi connectivity index (χ4n) is 2.59. The van der Waals surface area contributed by atoms with Gasteiger partial charge in [0, 0.05) is 5.69 Å². The standard InChI is InChI=1S/C17H14F2N2O2/c1-2-23-17(22)16-15(20)13-12(9-8-11(18)14(13)19)21(16)10-6-4-3-5-7-10/h3-9H,2,20H2,1H3. The van der Waals surface area contributed by atoms with Crippen LogP contribution in [0.1, 0.15) is 17.4 Å². The topological polar surface area (TPSA) is 57.2 Å². The van der Waals surface area contributed by atoms with Crippen molar-refractivity contribution >= 4 is 22.6 Å². The van der Waals surface area contributed by atoms with E-state index >= 15 is 0 Å². The Balaban J connectivity index is 2.42. The number of rotatable bonds is 3. The van der Waals surface area contributed by atoms with Crippen molar-refractivity contribution in [3.63, 3.8) is 0 Å². The van der Waals surface area contributed by atoms with E-state index in [-0.39, 0.29) is 23.4 Å². The number of para-hydroxylation sites is 1. The number of nitrogens with two attached hydrogens (primary N) is 1. The van der Waals surface area contributed by atoms with Gasteiger partial charge in [0.05, 0.1) is 23.2 Å². The molecule has 23 heavy (non-hydrogen) atoms. The van der Waals surface area contributed by atoms with E-state index in [4.69, 9.17) is 10.5 Å². The molecule has 0 spiro atoms. The van der Waals surface area contributed by atoms with Gasteiger partial charge in [0.2, 0.25) is 0 Å². The average Bonchev–Trinajstić information content (AvgIpc) is 2.85. The molecule has 3 rings (SSSR count). The van der Waals surface area contributed by atoms with Gasteiger partial charge >= 0.3 is 5.97 Å². The number of hydrogen-bond acceptors (Lipinski definition) is 3. The number of fused-ring (bicyclic) bond motifs is 1. The van der Waals surface area contributed by atoms with Crippen LogP contribution in [0.25, 0.3) is 16.6 Å². The third-order valence-electron chi connectivity index (χ3n) is 3.54. The Morgan fingerprint density at radius 3 is 2.52 bits per heavy atom. The third-order valence-corrected chi connectivity index (χ3v) is 3.54. The van der Waals surface area contributed by atoms with Crippen LogP contribution in [0.5, 0.6) is 0 Å². The molecule has 0 aliphatic heterocycles. The number of benzene rings is 2. The molecule has 0 saturated heterocycles. The Labute approximate surface area is 131 Å². The summed E-state index contributed by atoms with van der Waals surface area (Å²) in [5, 5.41) is -0.128. The van der Waals surface area contributed by atoms with Crippen LogP contribution in [0.2, 0.25) is 0 Å². The summed E-state index contributed by atoms with van der Waals surface area (Å²) < 4.78 is 34.3. The molecule has 0 radical (unpaired) electrons. The maximum absolute atomic E-state index is 14.2. The number of hydrogen-bond donors (Lipinski definition) is 1. The van der Waals surface area contributed by atoms with Crippen molar-refractivity contribution in [3.05, 3.63) is 59.8 Å². The first kappa shape index (κ1) is 15.0. The van der Waals surface area contributed by atoms with Gasteiger partial charge in [0.15, 0.2) is 17.3 Å². The summed E-state index contributed by atoms with van der Waals surface area (Å²) in [7, 11) is 0. The van der Waals surface area contributed by atoms with Gasteiger partial charge < -0.3 is 15.0 Å². The second kappa shape index (κ2) is 5.72. The number of nitrogens with zero attached hydrogens (tertiary/aromatic N) is 1. The molecular formula is C17H14F2N2O2. The van der Waals surface area contributed by atoms with Crippen LogP contribution in [-0.2, 0) is 4.74 Å². The van der Waals surface area contributed by atoms with E-state index < -0.39 is 17.6 Å². The van der Waals surface area contributed by atoms with Crippen LogP contribution in [-0.4, -0.2) is 17.1 Å². The molecular weight excluding hydrogens is 302 g/mol. The largest absolute Gasteiger partial charge is 0.461 e. The zero-order chi connectivity index (χ0) is 16.6. The number of nitrogen functional groups attached to an aromatic ring is 1. The fourth-order valence-corrected chi connectivity index (χ4v) is 2.59. The van der Waals surface area contributed by atoms with Gasteiger partial charge in [0.25, 0.3) is 0 Å². The summed E-state index contributed by atoms with van der Waals surface area (Å²) in [6, 6.07) is 11.2. The summed E-state index contributed by atoms with van der Waals surface area (Å²) >= 11 is 0. The Hall–Kier alpha value is -2.89. The highest BCUT2D eigenvalue weighted by Gasteiger charge is 2.26. The molecule has 0 amide bonds. The lowest BCUT2D eigenvalue weighted by atomic mass is 10.2. The molecule has 6 heteroatoms. The summed E-state index contributed by atoms with van der Waals surface area (Å²) in [6.07, 6.45) is 0. The van der Waals surface area contributed by atoms with Crippen molar-refractivity contribution < 1.29 is 18.3 Å². The fraction of sp³-hybridized carbons (Fsp3) is 0.118. The average molecular weight is 316 g/mol. The Morgan fingerprint density at radius 1 is 1.17 bits per heavy atom. The Morgan fingerprint density at radius 2 is 1.87 bits per heavy atom. The molecule has 0 fully saturated rings. The third kappa shape index (κ3) is 2.32. The number of carbonyl (C=O) groups excluding carboxylic acids is 1. The van der Waals surface area contributed by atoms with Gasteiger partial charge in [-0.25, -0.2) is 13.6 Å². The van der Waals surface area contributed by atoms with Gasteiger partial charge in [-0.3, -0.25) is 0 Å². The smallest absolute Gasteiger partial charge is 0.357 e. The number of anilines is 1. The molecule has 118 valence electrons. The second-order valence-corrected chi connectivity index (χ2v) is 4.91. The van der Waals surface area contributed by atoms with Gasteiger partial charge in [-0.05, 0) is 31.2 Å². The molecule has 2 N–H and O–H groups in total. The van der Waals surface area contributed by atoms with Crippen LogP contribution >= 0.6 is 0 Å². The van der Waals surface area contributed by atoms with E-state index in [0.717, 1.165) is 6.07 Å². The lowest BCUT2D eigenvalue weighted by Gasteiger charge is -2.10. The van der Waals surface area contributed by atoms with Crippen LogP contribution in [0, 0.1) is 11.6 Å². The number of ether oxygens (including phenoxy) is 1. The van der Waals surface area contributed by atoms with E-state index in [9.17, 15) is 13.6 Å². The minimum Gasteiger partial charge on any atom is -0.461 e. The van der Waals surface area contributed by atoms with Crippen LogP contribution in [0.15, 0.2) is 42.5 Å². The minimum absolute atomic E-state index is 0.0162. The highest BCUT2D eigenvalue weighted by atomic mass is 19.2. The first-order chi connectivity index (χ1) is 11.1. The first-order valence-corrected chi connectivity index (χ1v) is 7.06. The van der Waals surface area contributed by atoms with Gasteiger partial charge in [0.1, 0.15) is 0 Å². The lowest BCUT2D eigenvalue weighted by molar-refractivity contribution is 0.0519. The predicted octanol–water partition coefficient (Wildman–Crippen LogP) is 3.67. The second-order valence-electron chi connectivity index (χ2n) is 4.91. The van der Waals surface area contributed by atoms with Crippen LogP contribution in [0.3, 0.4) is 0 Å². The highest BCUT2D eigenvalue weighted by Crippen LogP contribution is 2.34. The molecule has 1 aromatic heterocycles. The van der Waals surface area contributed by atoms with Crippen LogP contribution in [0.4, 0.5) is 14.5 Å². The molecule has 3 aromatic rings. The lowest BCUT2D eigenvalue weighted by Crippen LogP contribution is -2.13. The highest BCUT2D eigenvalue weighted by molar-refractivity contribution is 6.07. The summed E-state index contributed by atoms with van der Waals surface area (Å²) in [4.78, 5) is 12.3. The molecule has 0 aliphatic rings. The number of aromatic nitrogens is 1. The van der Waals surface area contributed by atoms with Crippen molar-refractivity contribution in [2.24, 2.45) is 0 Å². The Kier molecular flexibility index (Phi) is 3.73. The van der Waals surface area contributed by atoms with E-state index in [1.54, 1.807) is 31.2 Å². The van der Waals surface area contributed by atoms with Gasteiger partial charge in [-0.1, -0.05) is 18.2 Å². The summed E-state index contributed by atoms with van der Waals surface area (Å²) in [5.41, 5.74) is 6.70. The van der Waals surface area contributed by atoms with Crippen molar-refractivity contribution in [2.45, 2.75) is 6.92 Å². The van der Waals surface area contributed by atoms with Crippen molar-refractivity contribution in [1.29, 1.82) is 0 Å². The van der Waals surface area contributed by atoms with Crippen molar-refractivity contribution in [1.82, 2.24) is 4.57 Å². The molecule has 0 unspecified atom stereocenters. The summed E-state index contributed by atoms with van der Waals surface area (Å²) in [6.45, 7) is 1.80. The normalized spacial score (nSPS) is 10.9. The molecule has 0 aliphatic carbocycles. The number of halogens is 2. The zero-order valence-corrected chi connectivity index (χ0v) is 12.3. The van der Waals surface area contributed by atoms with E-state index in [1.807, 2.05) is 6.07 Å². The molecule has 0 bridgehead atoms. The monoisotopic (exact) mass is 316 g/mol. The van der Waals surface area contributed by atoms with E-state index in [2.05, 4.69) is 0 Å². The van der Waals surface area contributed by atoms with Gasteiger partial charge in [-0.15, -0.1) is 0 Å². The van der Waals surface area contributed by atoms with Crippen LogP contribution < -0.4 is 5.73 Å². The van der Waals surface area contributed by atoms with E-state index in [1.165, 1.54) is 10.6 Å². The van der Waals surface area contributed by atoms with Crippen molar-refractivity contribution in [2.75, 3.05) is 12.3 Å². The molecule has 2 aromatic carbocycles. The van der Waals surface area contributed by atoms with Gasteiger partial charge in [-0.2, -0.15) is 0 Å². The van der Waals surface area contributed by atoms with Crippen molar-refractivity contribution in [3.8, 4) is 5.69 Å².